The van der Waals surface area contributed by atoms with Crippen molar-refractivity contribution in [2.45, 2.75) is 51.4 Å². The number of rotatable bonds is 10. The zero-order valence-electron chi connectivity index (χ0n) is 10.6. The van der Waals surface area contributed by atoms with Crippen LogP contribution >= 0.6 is 0 Å². The molecule has 0 aromatic heterocycles. The van der Waals surface area contributed by atoms with E-state index >= 15 is 0 Å². The van der Waals surface area contributed by atoms with Crippen molar-refractivity contribution in [1.29, 1.82) is 0 Å². The lowest BCUT2D eigenvalue weighted by atomic mass is 9.91. The van der Waals surface area contributed by atoms with E-state index in [-0.39, 0.29) is 5.97 Å². The average molecular weight is 242 g/mol. The van der Waals surface area contributed by atoms with Gasteiger partial charge in [0, 0.05) is 6.42 Å². The molecule has 0 aliphatic carbocycles. The van der Waals surface area contributed by atoms with Gasteiger partial charge in [-0.05, 0) is 19.3 Å². The highest BCUT2D eigenvalue weighted by Gasteiger charge is 1.99. The maximum absolute atomic E-state index is 10.8. The van der Waals surface area contributed by atoms with Crippen LogP contribution in [0.4, 0.5) is 0 Å². The molecule has 0 rings (SSSR count). The third-order valence-corrected chi connectivity index (χ3v) is 2.54. The minimum Gasteiger partial charge on any atom is -0.469 e. The van der Waals surface area contributed by atoms with Gasteiger partial charge >= 0.3 is 13.1 Å². The summed E-state index contributed by atoms with van der Waals surface area (Å²) in [7, 11) is 0.0902. The van der Waals surface area contributed by atoms with Gasteiger partial charge in [0.2, 0.25) is 0 Å². The van der Waals surface area contributed by atoms with Crippen LogP contribution in [0.15, 0.2) is 12.1 Å². The molecule has 5 heteroatoms. The van der Waals surface area contributed by atoms with Gasteiger partial charge in [-0.3, -0.25) is 4.79 Å². The zero-order valence-corrected chi connectivity index (χ0v) is 10.6. The molecule has 0 spiro atoms. The lowest BCUT2D eigenvalue weighted by molar-refractivity contribution is -0.140. The molecule has 4 nitrogen and oxygen atoms in total. The van der Waals surface area contributed by atoms with Crippen LogP contribution in [-0.4, -0.2) is 30.2 Å². The average Bonchev–Trinajstić information content (AvgIpc) is 2.30. The summed E-state index contributed by atoms with van der Waals surface area (Å²) in [6, 6.07) is 0. The van der Waals surface area contributed by atoms with E-state index in [1.165, 1.54) is 13.1 Å². The molecule has 0 bridgehead atoms. The highest BCUT2D eigenvalue weighted by Crippen LogP contribution is 2.09. The Bertz CT molecular complexity index is 217. The van der Waals surface area contributed by atoms with Crippen LogP contribution in [-0.2, 0) is 9.53 Å². The monoisotopic (exact) mass is 242 g/mol. The fourth-order valence-electron chi connectivity index (χ4n) is 1.56. The van der Waals surface area contributed by atoms with Gasteiger partial charge in [-0.1, -0.05) is 37.7 Å². The minimum absolute atomic E-state index is 0.127. The summed E-state index contributed by atoms with van der Waals surface area (Å²) < 4.78 is 4.55. The lowest BCUT2D eigenvalue weighted by Gasteiger charge is -2.00. The molecule has 17 heavy (non-hydrogen) atoms. The van der Waals surface area contributed by atoms with Gasteiger partial charge in [-0.25, -0.2) is 0 Å². The highest BCUT2D eigenvalue weighted by molar-refractivity contribution is 6.47. The Hall–Kier alpha value is -0.805. The van der Waals surface area contributed by atoms with Crippen molar-refractivity contribution in [1.82, 2.24) is 0 Å². The number of esters is 1. The summed E-state index contributed by atoms with van der Waals surface area (Å²) in [5, 5.41) is 17.1. The van der Waals surface area contributed by atoms with Crippen LogP contribution in [0.3, 0.4) is 0 Å². The van der Waals surface area contributed by atoms with Crippen LogP contribution in [0.5, 0.6) is 0 Å². The smallest absolute Gasteiger partial charge is 0.469 e. The second-order valence-corrected chi connectivity index (χ2v) is 4.08. The first-order valence-electron chi connectivity index (χ1n) is 6.26. The van der Waals surface area contributed by atoms with Gasteiger partial charge in [0.15, 0.2) is 0 Å². The Labute approximate surface area is 104 Å². The second kappa shape index (κ2) is 11.7. The van der Waals surface area contributed by atoms with Crippen LogP contribution in [0.1, 0.15) is 51.4 Å². The minimum atomic E-state index is -1.33. The van der Waals surface area contributed by atoms with E-state index in [1.54, 1.807) is 6.08 Å². The van der Waals surface area contributed by atoms with Crippen molar-refractivity contribution in [3.05, 3.63) is 12.1 Å². The van der Waals surface area contributed by atoms with E-state index in [0.717, 1.165) is 44.9 Å². The molecule has 0 atom stereocenters. The SMILES string of the molecule is COC(=O)CCCCCCCCC=CB(O)O. The molecule has 0 amide bonds. The maximum Gasteiger partial charge on any atom is 0.480 e. The molecule has 0 saturated heterocycles. The predicted octanol–water partition coefficient (Wildman–Crippen LogP) is 1.85. The number of allylic oxidation sites excluding steroid dienone is 1. The summed E-state index contributed by atoms with van der Waals surface area (Å²) in [6.07, 6.45) is 9.70. The normalized spacial score (nSPS) is 10.8. The number of unbranched alkanes of at least 4 members (excludes halogenated alkanes) is 6. The zero-order chi connectivity index (χ0) is 12.9. The Morgan fingerprint density at radius 1 is 1.12 bits per heavy atom. The predicted molar refractivity (Wildman–Crippen MR) is 68.3 cm³/mol. The first-order chi connectivity index (χ1) is 8.16. The molecule has 0 aromatic carbocycles. The van der Waals surface area contributed by atoms with Gasteiger partial charge in [0.25, 0.3) is 0 Å². The van der Waals surface area contributed by atoms with E-state index in [0.29, 0.717) is 6.42 Å². The summed E-state index contributed by atoms with van der Waals surface area (Å²) >= 11 is 0. The fraction of sp³-hybridized carbons (Fsp3) is 0.750. The molecule has 98 valence electrons. The third kappa shape index (κ3) is 13.1. The summed E-state index contributed by atoms with van der Waals surface area (Å²) in [6.45, 7) is 0. The number of ether oxygens (including phenoxy) is 1. The number of carbonyl (C=O) groups is 1. The van der Waals surface area contributed by atoms with Gasteiger partial charge in [-0.15, -0.1) is 0 Å². The summed E-state index contributed by atoms with van der Waals surface area (Å²) in [5.74, 6) is 1.26. The second-order valence-electron chi connectivity index (χ2n) is 4.08. The Morgan fingerprint density at radius 3 is 2.29 bits per heavy atom. The third-order valence-electron chi connectivity index (χ3n) is 2.54. The molecule has 0 aromatic rings. The topological polar surface area (TPSA) is 66.8 Å². The number of methoxy groups -OCH3 is 1. The molecular formula is C12H23BO4. The van der Waals surface area contributed by atoms with E-state index < -0.39 is 7.12 Å². The first-order valence-corrected chi connectivity index (χ1v) is 6.26. The molecule has 0 unspecified atom stereocenters. The lowest BCUT2D eigenvalue weighted by Crippen LogP contribution is -2.05. The standard InChI is InChI=1S/C12H23BO4/c1-17-12(14)10-8-6-4-2-3-5-7-9-11-13(15)16/h9,11,15-16H,2-8,10H2,1H3. The first kappa shape index (κ1) is 16.2. The van der Waals surface area contributed by atoms with Gasteiger partial charge in [-0.2, -0.15) is 0 Å². The van der Waals surface area contributed by atoms with Crippen molar-refractivity contribution in [2.75, 3.05) is 7.11 Å². The molecule has 0 fully saturated rings. The van der Waals surface area contributed by atoms with Crippen LogP contribution in [0.2, 0.25) is 0 Å². The van der Waals surface area contributed by atoms with Crippen LogP contribution < -0.4 is 0 Å². The fourth-order valence-corrected chi connectivity index (χ4v) is 1.56. The van der Waals surface area contributed by atoms with Crippen LogP contribution in [0.25, 0.3) is 0 Å². The Balaban J connectivity index is 3.11. The molecule has 2 N–H and O–H groups in total. The van der Waals surface area contributed by atoms with Crippen molar-refractivity contribution in [3.8, 4) is 0 Å². The molecule has 0 saturated carbocycles. The van der Waals surface area contributed by atoms with Crippen molar-refractivity contribution in [2.24, 2.45) is 0 Å². The summed E-state index contributed by atoms with van der Waals surface area (Å²) in [5.41, 5.74) is 0. The van der Waals surface area contributed by atoms with Crippen molar-refractivity contribution >= 4 is 13.1 Å². The summed E-state index contributed by atoms with van der Waals surface area (Å²) in [4.78, 5) is 10.8. The number of hydrogen-bond donors (Lipinski definition) is 2. The van der Waals surface area contributed by atoms with Gasteiger partial charge in [0.05, 0.1) is 7.11 Å². The van der Waals surface area contributed by atoms with Crippen molar-refractivity contribution in [3.63, 3.8) is 0 Å². The number of hydrogen-bond acceptors (Lipinski definition) is 4. The molecule has 0 aliphatic heterocycles. The van der Waals surface area contributed by atoms with E-state index in [1.807, 2.05) is 0 Å². The van der Waals surface area contributed by atoms with Gasteiger partial charge in [0.1, 0.15) is 0 Å². The number of carbonyl (C=O) groups excluding carboxylic acids is 1. The molecule has 0 heterocycles. The van der Waals surface area contributed by atoms with Crippen molar-refractivity contribution < 1.29 is 19.6 Å². The van der Waals surface area contributed by atoms with E-state index in [9.17, 15) is 4.79 Å². The van der Waals surface area contributed by atoms with E-state index in [2.05, 4.69) is 4.74 Å². The quantitative estimate of drug-likeness (QED) is 0.348. The highest BCUT2D eigenvalue weighted by atomic mass is 16.5. The Kier molecular flexibility index (Phi) is 11.1. The van der Waals surface area contributed by atoms with Crippen LogP contribution in [0, 0.1) is 0 Å². The molecular weight excluding hydrogens is 219 g/mol. The molecule has 0 aliphatic rings. The van der Waals surface area contributed by atoms with E-state index in [4.69, 9.17) is 10.0 Å². The maximum atomic E-state index is 10.8. The Morgan fingerprint density at radius 2 is 1.71 bits per heavy atom. The van der Waals surface area contributed by atoms with Gasteiger partial charge < -0.3 is 14.8 Å². The largest absolute Gasteiger partial charge is 0.480 e. The molecule has 0 radical (unpaired) electrons.